The van der Waals surface area contributed by atoms with E-state index in [1.807, 2.05) is 32.9 Å². The molecular formula is C21H31N3O3. The number of carbonyl (C=O) groups excluding carboxylic acids is 2. The summed E-state index contributed by atoms with van der Waals surface area (Å²) in [4.78, 5) is 28.7. The molecule has 1 fully saturated rings. The molecule has 1 atom stereocenters. The molecule has 2 heterocycles. The highest BCUT2D eigenvalue weighted by atomic mass is 16.6. The van der Waals surface area contributed by atoms with Crippen molar-refractivity contribution in [1.29, 1.82) is 0 Å². The van der Waals surface area contributed by atoms with Gasteiger partial charge in [-0.15, -0.1) is 0 Å². The van der Waals surface area contributed by atoms with Crippen LogP contribution >= 0.6 is 0 Å². The Morgan fingerprint density at radius 1 is 1.15 bits per heavy atom. The average molecular weight is 373 g/mol. The van der Waals surface area contributed by atoms with Crippen molar-refractivity contribution in [3.8, 4) is 0 Å². The summed E-state index contributed by atoms with van der Waals surface area (Å²) in [5, 5.41) is 3.16. The first kappa shape index (κ1) is 19.5. The van der Waals surface area contributed by atoms with Crippen LogP contribution in [0, 0.1) is 0 Å². The number of benzene rings is 1. The zero-order chi connectivity index (χ0) is 19.4. The molecule has 1 aromatic carbocycles. The van der Waals surface area contributed by atoms with Crippen LogP contribution in [0.5, 0.6) is 0 Å². The summed E-state index contributed by atoms with van der Waals surface area (Å²) in [6.45, 7) is 8.22. The fourth-order valence-corrected chi connectivity index (χ4v) is 3.77. The molecule has 2 aliphatic rings. The Balaban J connectivity index is 1.47. The van der Waals surface area contributed by atoms with E-state index >= 15 is 0 Å². The zero-order valence-corrected chi connectivity index (χ0v) is 16.7. The summed E-state index contributed by atoms with van der Waals surface area (Å²) in [6.07, 6.45) is 3.26. The van der Waals surface area contributed by atoms with Crippen LogP contribution in [0.3, 0.4) is 0 Å². The molecule has 1 N–H and O–H groups in total. The van der Waals surface area contributed by atoms with Gasteiger partial charge in [0, 0.05) is 31.4 Å². The number of ether oxygens (including phenoxy) is 1. The minimum absolute atomic E-state index is 0.0578. The van der Waals surface area contributed by atoms with E-state index in [0.29, 0.717) is 19.6 Å². The molecular weight excluding hydrogens is 342 g/mol. The Morgan fingerprint density at radius 3 is 2.70 bits per heavy atom. The Bertz CT molecular complexity index is 683. The molecule has 1 unspecified atom stereocenters. The SMILES string of the molecule is CC(C)(C)OC(=O)N1CCCC(NC(=O)CN2CCc3ccccc32)CC1. The number of nitrogens with zero attached hydrogens (tertiary/aromatic N) is 2. The highest BCUT2D eigenvalue weighted by molar-refractivity contribution is 5.82. The molecule has 0 bridgehead atoms. The zero-order valence-electron chi connectivity index (χ0n) is 16.7. The van der Waals surface area contributed by atoms with Crippen LogP contribution < -0.4 is 10.2 Å². The number of amides is 2. The average Bonchev–Trinajstić information content (AvgIpc) is 2.83. The molecule has 0 spiro atoms. The second-order valence-corrected chi connectivity index (χ2v) is 8.46. The number of anilines is 1. The number of likely N-dealkylation sites (tertiary alicyclic amines) is 1. The lowest BCUT2D eigenvalue weighted by atomic mass is 10.1. The van der Waals surface area contributed by atoms with E-state index in [4.69, 9.17) is 4.74 Å². The van der Waals surface area contributed by atoms with E-state index in [-0.39, 0.29) is 18.0 Å². The van der Waals surface area contributed by atoms with Crippen LogP contribution in [0.25, 0.3) is 0 Å². The first-order valence-electron chi connectivity index (χ1n) is 9.92. The lowest BCUT2D eigenvalue weighted by Crippen LogP contribution is -2.42. The van der Waals surface area contributed by atoms with Crippen molar-refractivity contribution in [2.24, 2.45) is 0 Å². The Labute approximate surface area is 161 Å². The van der Waals surface area contributed by atoms with E-state index < -0.39 is 5.60 Å². The summed E-state index contributed by atoms with van der Waals surface area (Å²) >= 11 is 0. The van der Waals surface area contributed by atoms with Gasteiger partial charge in [-0.05, 0) is 58.1 Å². The summed E-state index contributed by atoms with van der Waals surface area (Å²) < 4.78 is 5.46. The van der Waals surface area contributed by atoms with Gasteiger partial charge < -0.3 is 19.9 Å². The Kier molecular flexibility index (Phi) is 5.92. The molecule has 27 heavy (non-hydrogen) atoms. The van der Waals surface area contributed by atoms with Gasteiger partial charge >= 0.3 is 6.09 Å². The van der Waals surface area contributed by atoms with E-state index in [2.05, 4.69) is 22.3 Å². The van der Waals surface area contributed by atoms with Crippen molar-refractivity contribution >= 4 is 17.7 Å². The van der Waals surface area contributed by atoms with Gasteiger partial charge in [0.2, 0.25) is 5.91 Å². The van der Waals surface area contributed by atoms with Crippen LogP contribution in [0.4, 0.5) is 10.5 Å². The van der Waals surface area contributed by atoms with Gasteiger partial charge in [0.05, 0.1) is 6.54 Å². The standard InChI is InChI=1S/C21H31N3O3/c1-21(2,3)27-20(26)23-12-6-8-17(11-14-23)22-19(25)15-24-13-10-16-7-4-5-9-18(16)24/h4-5,7,9,17H,6,8,10-15H2,1-3H3,(H,22,25). The molecule has 0 saturated carbocycles. The molecule has 1 saturated heterocycles. The first-order chi connectivity index (χ1) is 12.8. The second kappa shape index (κ2) is 8.19. The third-order valence-electron chi connectivity index (χ3n) is 5.06. The monoisotopic (exact) mass is 373 g/mol. The van der Waals surface area contributed by atoms with E-state index in [1.54, 1.807) is 4.90 Å². The molecule has 3 rings (SSSR count). The smallest absolute Gasteiger partial charge is 0.410 e. The number of carbonyl (C=O) groups is 2. The van der Waals surface area contributed by atoms with Gasteiger partial charge in [-0.1, -0.05) is 18.2 Å². The molecule has 6 heteroatoms. The summed E-state index contributed by atoms with van der Waals surface area (Å²) in [5.41, 5.74) is 2.00. The van der Waals surface area contributed by atoms with Crippen molar-refractivity contribution in [2.45, 2.75) is 58.1 Å². The van der Waals surface area contributed by atoms with Crippen LogP contribution in [-0.4, -0.2) is 54.7 Å². The fourth-order valence-electron chi connectivity index (χ4n) is 3.77. The third-order valence-corrected chi connectivity index (χ3v) is 5.06. The molecule has 6 nitrogen and oxygen atoms in total. The lowest BCUT2D eigenvalue weighted by Gasteiger charge is -2.26. The Morgan fingerprint density at radius 2 is 1.93 bits per heavy atom. The van der Waals surface area contributed by atoms with Crippen molar-refractivity contribution in [1.82, 2.24) is 10.2 Å². The molecule has 0 radical (unpaired) electrons. The molecule has 2 aliphatic heterocycles. The van der Waals surface area contributed by atoms with Crippen molar-refractivity contribution < 1.29 is 14.3 Å². The van der Waals surface area contributed by atoms with Gasteiger partial charge in [-0.25, -0.2) is 4.79 Å². The van der Waals surface area contributed by atoms with E-state index in [0.717, 1.165) is 32.2 Å². The van der Waals surface area contributed by atoms with Crippen LogP contribution in [0.15, 0.2) is 24.3 Å². The highest BCUT2D eigenvalue weighted by Crippen LogP contribution is 2.26. The summed E-state index contributed by atoms with van der Waals surface area (Å²) in [5.74, 6) is 0.0578. The number of hydrogen-bond acceptors (Lipinski definition) is 4. The van der Waals surface area contributed by atoms with Gasteiger partial charge in [-0.2, -0.15) is 0 Å². The second-order valence-electron chi connectivity index (χ2n) is 8.46. The fraction of sp³-hybridized carbons (Fsp3) is 0.619. The number of rotatable bonds is 3. The first-order valence-corrected chi connectivity index (χ1v) is 9.92. The van der Waals surface area contributed by atoms with Crippen molar-refractivity contribution in [3.63, 3.8) is 0 Å². The van der Waals surface area contributed by atoms with Crippen LogP contribution in [0.1, 0.15) is 45.6 Å². The number of fused-ring (bicyclic) bond motifs is 1. The maximum Gasteiger partial charge on any atom is 0.410 e. The molecule has 0 aliphatic carbocycles. The van der Waals surface area contributed by atoms with E-state index in [9.17, 15) is 9.59 Å². The molecule has 2 amide bonds. The predicted molar refractivity (Wildman–Crippen MR) is 106 cm³/mol. The number of hydrogen-bond donors (Lipinski definition) is 1. The maximum atomic E-state index is 12.5. The quantitative estimate of drug-likeness (QED) is 0.885. The largest absolute Gasteiger partial charge is 0.444 e. The maximum absolute atomic E-state index is 12.5. The van der Waals surface area contributed by atoms with Crippen LogP contribution in [0.2, 0.25) is 0 Å². The van der Waals surface area contributed by atoms with Crippen molar-refractivity contribution in [3.05, 3.63) is 29.8 Å². The molecule has 0 aromatic heterocycles. The Hall–Kier alpha value is -2.24. The van der Waals surface area contributed by atoms with Crippen LogP contribution in [-0.2, 0) is 16.0 Å². The van der Waals surface area contributed by atoms with Crippen molar-refractivity contribution in [2.75, 3.05) is 31.1 Å². The van der Waals surface area contributed by atoms with E-state index in [1.165, 1.54) is 11.3 Å². The normalized spacial score (nSPS) is 20.0. The molecule has 148 valence electrons. The number of nitrogens with one attached hydrogen (secondary N) is 1. The highest BCUT2D eigenvalue weighted by Gasteiger charge is 2.26. The minimum Gasteiger partial charge on any atom is -0.444 e. The van der Waals surface area contributed by atoms with Gasteiger partial charge in [0.1, 0.15) is 5.60 Å². The summed E-state index contributed by atoms with van der Waals surface area (Å²) in [6, 6.07) is 8.39. The van der Waals surface area contributed by atoms with Gasteiger partial charge in [0.25, 0.3) is 0 Å². The minimum atomic E-state index is -0.483. The van der Waals surface area contributed by atoms with Gasteiger partial charge in [-0.3, -0.25) is 4.79 Å². The van der Waals surface area contributed by atoms with Gasteiger partial charge in [0.15, 0.2) is 0 Å². The topological polar surface area (TPSA) is 61.9 Å². The molecule has 1 aromatic rings. The number of para-hydroxylation sites is 1. The summed E-state index contributed by atoms with van der Waals surface area (Å²) in [7, 11) is 0. The third kappa shape index (κ3) is 5.37. The predicted octanol–water partition coefficient (Wildman–Crippen LogP) is 2.95. The lowest BCUT2D eigenvalue weighted by molar-refractivity contribution is -0.120.